The molecule has 0 spiro atoms. The van der Waals surface area contributed by atoms with Crippen molar-refractivity contribution in [1.82, 2.24) is 4.98 Å². The highest BCUT2D eigenvalue weighted by Gasteiger charge is 2.26. The minimum Gasteiger partial charge on any atom is -0.435 e. The number of hydrogen-bond donors (Lipinski definition) is 0. The monoisotopic (exact) mass is 826 g/mol. The van der Waals surface area contributed by atoms with Gasteiger partial charge in [-0.05, 0) is 87.9 Å². The maximum atomic E-state index is 6.95. The number of thiophene rings is 2. The van der Waals surface area contributed by atoms with Gasteiger partial charge in [-0.2, -0.15) is 0 Å². The van der Waals surface area contributed by atoms with Gasteiger partial charge < -0.3 is 9.32 Å². The zero-order chi connectivity index (χ0) is 40.7. The van der Waals surface area contributed by atoms with Crippen LogP contribution in [0, 0.1) is 0 Å². The summed E-state index contributed by atoms with van der Waals surface area (Å²) in [5.41, 5.74) is 10.3. The largest absolute Gasteiger partial charge is 0.435 e. The van der Waals surface area contributed by atoms with Gasteiger partial charge in [-0.3, -0.25) is 0 Å². The number of rotatable bonds is 6. The number of fused-ring (bicyclic) bond motifs is 10. The second kappa shape index (κ2) is 14.0. The lowest BCUT2D eigenvalue weighted by Gasteiger charge is -2.30. The number of hydrogen-bond acceptors (Lipinski definition) is 5. The van der Waals surface area contributed by atoms with Gasteiger partial charge in [-0.25, -0.2) is 4.98 Å². The molecule has 0 atom stereocenters. The standard InChI is InChI=1S/C57H34N2OS2/c1-2-15-36(16-3-1)41-31-30-39(45-33-38-18-6-7-19-42(38)55-56(45)60-57(58-55)40-29-28-35-14-4-5-17-37(35)32-40)34-48(41)59(46-22-12-26-51-53(46)43-20-8-10-24-49(43)61-51)47-23-13-27-52-54(47)44-21-9-11-25-50(44)62-52/h1-34H. The predicted octanol–water partition coefficient (Wildman–Crippen LogP) is 17.3. The predicted molar refractivity (Wildman–Crippen MR) is 266 cm³/mol. The van der Waals surface area contributed by atoms with Gasteiger partial charge >= 0.3 is 0 Å². The van der Waals surface area contributed by atoms with Gasteiger partial charge in [-0.15, -0.1) is 22.7 Å². The van der Waals surface area contributed by atoms with Crippen LogP contribution >= 0.6 is 22.7 Å². The van der Waals surface area contributed by atoms with Crippen LogP contribution in [0.1, 0.15) is 0 Å². The number of oxazole rings is 1. The summed E-state index contributed by atoms with van der Waals surface area (Å²) in [5.74, 6) is 0.609. The Morgan fingerprint density at radius 1 is 0.371 bits per heavy atom. The van der Waals surface area contributed by atoms with E-state index in [9.17, 15) is 0 Å². The molecule has 0 amide bonds. The first-order valence-electron chi connectivity index (χ1n) is 20.9. The second-order valence-corrected chi connectivity index (χ2v) is 18.0. The van der Waals surface area contributed by atoms with E-state index in [1.165, 1.54) is 45.7 Å². The zero-order valence-corrected chi connectivity index (χ0v) is 34.9. The van der Waals surface area contributed by atoms with E-state index in [0.717, 1.165) is 72.1 Å². The van der Waals surface area contributed by atoms with Crippen molar-refractivity contribution in [3.05, 3.63) is 206 Å². The van der Waals surface area contributed by atoms with Crippen LogP contribution in [-0.4, -0.2) is 4.98 Å². The number of anilines is 3. The van der Waals surface area contributed by atoms with Crippen LogP contribution in [0.5, 0.6) is 0 Å². The number of benzene rings is 10. The summed E-state index contributed by atoms with van der Waals surface area (Å²) in [6.07, 6.45) is 0. The molecule has 0 fully saturated rings. The quantitative estimate of drug-likeness (QED) is 0.167. The van der Waals surface area contributed by atoms with Crippen molar-refractivity contribution >= 4 is 113 Å². The molecule has 0 radical (unpaired) electrons. The van der Waals surface area contributed by atoms with Crippen molar-refractivity contribution in [3.8, 4) is 33.7 Å². The molecule has 0 N–H and O–H groups in total. The van der Waals surface area contributed by atoms with E-state index in [2.05, 4.69) is 211 Å². The summed E-state index contributed by atoms with van der Waals surface area (Å²) >= 11 is 3.70. The molecule has 62 heavy (non-hydrogen) atoms. The van der Waals surface area contributed by atoms with E-state index in [1.807, 2.05) is 22.7 Å². The molecular formula is C57H34N2OS2. The fraction of sp³-hybridized carbons (Fsp3) is 0. The second-order valence-electron chi connectivity index (χ2n) is 15.8. The van der Waals surface area contributed by atoms with Crippen molar-refractivity contribution in [1.29, 1.82) is 0 Å². The van der Waals surface area contributed by atoms with Crippen molar-refractivity contribution in [2.75, 3.05) is 4.90 Å². The van der Waals surface area contributed by atoms with Crippen molar-refractivity contribution < 1.29 is 4.42 Å². The third-order valence-corrected chi connectivity index (χ3v) is 14.5. The average molecular weight is 827 g/mol. The highest BCUT2D eigenvalue weighted by atomic mass is 32.1. The Morgan fingerprint density at radius 3 is 1.66 bits per heavy atom. The van der Waals surface area contributed by atoms with Gasteiger partial charge in [0.25, 0.3) is 0 Å². The van der Waals surface area contributed by atoms with E-state index in [0.29, 0.717) is 5.89 Å². The summed E-state index contributed by atoms with van der Waals surface area (Å²) in [4.78, 5) is 7.80. The Bertz CT molecular complexity index is 3780. The van der Waals surface area contributed by atoms with Crippen LogP contribution in [0.3, 0.4) is 0 Å². The molecule has 0 unspecified atom stereocenters. The molecule has 0 aliphatic heterocycles. The molecule has 0 bridgehead atoms. The highest BCUT2D eigenvalue weighted by molar-refractivity contribution is 7.26. The minimum atomic E-state index is 0.609. The molecular weight excluding hydrogens is 793 g/mol. The van der Waals surface area contributed by atoms with Crippen LogP contribution in [-0.2, 0) is 0 Å². The first kappa shape index (κ1) is 35.2. The Hall–Kier alpha value is -7.57. The van der Waals surface area contributed by atoms with E-state index >= 15 is 0 Å². The smallest absolute Gasteiger partial charge is 0.227 e. The number of nitrogens with zero attached hydrogens (tertiary/aromatic N) is 2. The van der Waals surface area contributed by atoms with Crippen LogP contribution in [0.4, 0.5) is 17.1 Å². The fourth-order valence-corrected chi connectivity index (χ4v) is 11.7. The molecule has 5 heteroatoms. The highest BCUT2D eigenvalue weighted by Crippen LogP contribution is 2.52. The van der Waals surface area contributed by atoms with Gasteiger partial charge in [0.1, 0.15) is 5.52 Å². The molecule has 3 heterocycles. The fourth-order valence-electron chi connectivity index (χ4n) is 9.42. The normalized spacial score (nSPS) is 11.9. The van der Waals surface area contributed by atoms with Gasteiger partial charge in [-0.1, -0.05) is 146 Å². The van der Waals surface area contributed by atoms with Gasteiger partial charge in [0, 0.05) is 62.4 Å². The maximum absolute atomic E-state index is 6.95. The summed E-state index contributed by atoms with van der Waals surface area (Å²) in [7, 11) is 0. The van der Waals surface area contributed by atoms with Crippen LogP contribution in [0.2, 0.25) is 0 Å². The van der Waals surface area contributed by atoms with Gasteiger partial charge in [0.15, 0.2) is 5.58 Å². The molecule has 13 aromatic rings. The van der Waals surface area contributed by atoms with Gasteiger partial charge in [0.2, 0.25) is 5.89 Å². The first-order chi connectivity index (χ1) is 30.7. The minimum absolute atomic E-state index is 0.609. The lowest BCUT2D eigenvalue weighted by atomic mass is 9.94. The molecule has 0 saturated carbocycles. The third-order valence-electron chi connectivity index (χ3n) is 12.3. The molecule has 0 aliphatic carbocycles. The molecule has 290 valence electrons. The molecule has 3 aromatic heterocycles. The van der Waals surface area contributed by atoms with Crippen LogP contribution < -0.4 is 4.90 Å². The molecule has 0 saturated heterocycles. The Labute approximate surface area is 365 Å². The lowest BCUT2D eigenvalue weighted by Crippen LogP contribution is -2.12. The SMILES string of the molecule is c1ccc(-c2ccc(-c3cc4ccccc4c4nc(-c5ccc6ccccc6c5)oc34)cc2N(c2cccc3sc4ccccc4c23)c2cccc3sc4ccccc4c23)cc1. The topological polar surface area (TPSA) is 29.3 Å². The lowest BCUT2D eigenvalue weighted by molar-refractivity contribution is 0.621. The van der Waals surface area contributed by atoms with Crippen molar-refractivity contribution in [3.63, 3.8) is 0 Å². The zero-order valence-electron chi connectivity index (χ0n) is 33.2. The summed E-state index contributed by atoms with van der Waals surface area (Å²) in [6, 6.07) is 74.6. The molecule has 0 aliphatic rings. The Balaban J connectivity index is 1.13. The number of aromatic nitrogens is 1. The summed E-state index contributed by atoms with van der Waals surface area (Å²) in [6.45, 7) is 0. The third kappa shape index (κ3) is 5.53. The van der Waals surface area contributed by atoms with Crippen molar-refractivity contribution in [2.45, 2.75) is 0 Å². The molecule has 10 aromatic carbocycles. The van der Waals surface area contributed by atoms with E-state index in [4.69, 9.17) is 9.40 Å². The van der Waals surface area contributed by atoms with E-state index < -0.39 is 0 Å². The van der Waals surface area contributed by atoms with Crippen molar-refractivity contribution in [2.24, 2.45) is 0 Å². The molecule has 13 rings (SSSR count). The summed E-state index contributed by atoms with van der Waals surface area (Å²) < 4.78 is 12.0. The summed E-state index contributed by atoms with van der Waals surface area (Å²) in [5, 5.41) is 9.53. The maximum Gasteiger partial charge on any atom is 0.227 e. The van der Waals surface area contributed by atoms with E-state index in [-0.39, 0.29) is 0 Å². The van der Waals surface area contributed by atoms with E-state index in [1.54, 1.807) is 0 Å². The average Bonchev–Trinajstić information content (AvgIpc) is 4.06. The first-order valence-corrected chi connectivity index (χ1v) is 22.5. The van der Waals surface area contributed by atoms with Gasteiger partial charge in [0.05, 0.1) is 17.1 Å². The van der Waals surface area contributed by atoms with Crippen LogP contribution in [0.15, 0.2) is 211 Å². The molecule has 3 nitrogen and oxygen atoms in total. The van der Waals surface area contributed by atoms with Crippen LogP contribution in [0.25, 0.3) is 107 Å². The Kier molecular flexibility index (Phi) is 7.95. The Morgan fingerprint density at radius 2 is 0.952 bits per heavy atom.